The number of benzene rings is 1. The summed E-state index contributed by atoms with van der Waals surface area (Å²) >= 11 is 1.45. The quantitative estimate of drug-likeness (QED) is 0.757. The van der Waals surface area contributed by atoms with Crippen LogP contribution in [0.25, 0.3) is 0 Å². The van der Waals surface area contributed by atoms with E-state index < -0.39 is 0 Å². The van der Waals surface area contributed by atoms with E-state index in [0.29, 0.717) is 5.75 Å². The molecule has 1 aliphatic carbocycles. The number of carbonyl (C=O) groups excluding carboxylic acids is 1. The number of amides is 1. The van der Waals surface area contributed by atoms with Gasteiger partial charge < -0.3 is 9.64 Å². The molecule has 2 fully saturated rings. The molecular formula is C16H20FNO2S. The maximum absolute atomic E-state index is 12.8. The number of hydrogen-bond donors (Lipinski definition) is 0. The number of ether oxygens (including phenoxy) is 1. The summed E-state index contributed by atoms with van der Waals surface area (Å²) in [5.74, 6) is 1.06. The van der Waals surface area contributed by atoms with Crippen molar-refractivity contribution in [3.63, 3.8) is 0 Å². The van der Waals surface area contributed by atoms with Crippen LogP contribution in [-0.2, 0) is 9.53 Å². The number of thioether (sulfide) groups is 1. The molecule has 114 valence electrons. The Kier molecular flexibility index (Phi) is 4.80. The van der Waals surface area contributed by atoms with Gasteiger partial charge in [0.05, 0.1) is 11.9 Å². The van der Waals surface area contributed by atoms with Crippen molar-refractivity contribution in [2.24, 2.45) is 5.92 Å². The van der Waals surface area contributed by atoms with Gasteiger partial charge in [-0.05, 0) is 49.4 Å². The molecule has 1 aromatic rings. The van der Waals surface area contributed by atoms with Crippen molar-refractivity contribution in [1.82, 2.24) is 4.90 Å². The van der Waals surface area contributed by atoms with E-state index in [0.717, 1.165) is 36.9 Å². The molecule has 0 radical (unpaired) electrons. The fourth-order valence-corrected chi connectivity index (χ4v) is 3.22. The third-order valence-electron chi connectivity index (χ3n) is 3.94. The van der Waals surface area contributed by atoms with E-state index in [9.17, 15) is 9.18 Å². The zero-order chi connectivity index (χ0) is 14.7. The first-order valence-electron chi connectivity index (χ1n) is 7.48. The van der Waals surface area contributed by atoms with E-state index in [1.807, 2.05) is 4.90 Å². The average Bonchev–Trinajstić information content (AvgIpc) is 3.20. The number of carbonyl (C=O) groups is 1. The first-order valence-corrected chi connectivity index (χ1v) is 8.47. The monoisotopic (exact) mass is 309 g/mol. The highest BCUT2D eigenvalue weighted by Gasteiger charge is 2.29. The Morgan fingerprint density at radius 3 is 2.76 bits per heavy atom. The van der Waals surface area contributed by atoms with Crippen LogP contribution in [0.2, 0.25) is 0 Å². The number of likely N-dealkylation sites (tertiary alicyclic amines) is 1. The van der Waals surface area contributed by atoms with Gasteiger partial charge >= 0.3 is 0 Å². The maximum atomic E-state index is 12.8. The fourth-order valence-electron chi connectivity index (χ4n) is 2.41. The summed E-state index contributed by atoms with van der Waals surface area (Å²) < 4.78 is 18.7. The van der Waals surface area contributed by atoms with Crippen LogP contribution in [0, 0.1) is 11.7 Å². The SMILES string of the molecule is O=C(CSc1ccc(F)cc1)N1CC[C@H](OCC2CC2)C1. The van der Waals surface area contributed by atoms with E-state index in [1.165, 1.54) is 36.7 Å². The third kappa shape index (κ3) is 4.45. The fraction of sp³-hybridized carbons (Fsp3) is 0.562. The number of nitrogens with zero attached hydrogens (tertiary/aromatic N) is 1. The van der Waals surface area contributed by atoms with Crippen LogP contribution in [-0.4, -0.2) is 42.4 Å². The molecule has 0 N–H and O–H groups in total. The van der Waals surface area contributed by atoms with Crippen LogP contribution in [0.4, 0.5) is 4.39 Å². The van der Waals surface area contributed by atoms with Crippen molar-refractivity contribution in [3.05, 3.63) is 30.1 Å². The first-order chi connectivity index (χ1) is 10.2. The number of halogens is 1. The van der Waals surface area contributed by atoms with Crippen LogP contribution in [0.15, 0.2) is 29.2 Å². The number of hydrogen-bond acceptors (Lipinski definition) is 3. The second-order valence-corrected chi connectivity index (χ2v) is 6.82. The molecule has 3 nitrogen and oxygen atoms in total. The molecule has 0 spiro atoms. The minimum Gasteiger partial charge on any atom is -0.376 e. The summed E-state index contributed by atoms with van der Waals surface area (Å²) in [5.41, 5.74) is 0. The van der Waals surface area contributed by atoms with Crippen molar-refractivity contribution < 1.29 is 13.9 Å². The molecule has 1 saturated carbocycles. The molecule has 3 rings (SSSR count). The maximum Gasteiger partial charge on any atom is 0.233 e. The lowest BCUT2D eigenvalue weighted by molar-refractivity contribution is -0.127. The van der Waals surface area contributed by atoms with Crippen molar-refractivity contribution in [2.75, 3.05) is 25.4 Å². The van der Waals surface area contributed by atoms with Crippen molar-refractivity contribution in [2.45, 2.75) is 30.3 Å². The van der Waals surface area contributed by atoms with Gasteiger partial charge in [-0.1, -0.05) is 0 Å². The molecule has 21 heavy (non-hydrogen) atoms. The molecule has 5 heteroatoms. The summed E-state index contributed by atoms with van der Waals surface area (Å²) in [7, 11) is 0. The molecule has 1 amide bonds. The summed E-state index contributed by atoms with van der Waals surface area (Å²) in [6.07, 6.45) is 3.75. The van der Waals surface area contributed by atoms with Gasteiger partial charge in [-0.2, -0.15) is 0 Å². The lowest BCUT2D eigenvalue weighted by Gasteiger charge is -2.16. The zero-order valence-electron chi connectivity index (χ0n) is 12.0. The molecule has 1 atom stereocenters. The molecule has 1 saturated heterocycles. The lowest BCUT2D eigenvalue weighted by Crippen LogP contribution is -2.31. The van der Waals surface area contributed by atoms with Gasteiger partial charge in [-0.3, -0.25) is 4.79 Å². The molecule has 2 aliphatic rings. The highest BCUT2D eigenvalue weighted by molar-refractivity contribution is 8.00. The molecular weight excluding hydrogens is 289 g/mol. The van der Waals surface area contributed by atoms with Crippen molar-refractivity contribution in [1.29, 1.82) is 0 Å². The van der Waals surface area contributed by atoms with Crippen LogP contribution >= 0.6 is 11.8 Å². The molecule has 1 aliphatic heterocycles. The van der Waals surface area contributed by atoms with E-state index >= 15 is 0 Å². The Hall–Kier alpha value is -1.07. The first kappa shape index (κ1) is 14.9. The highest BCUT2D eigenvalue weighted by Crippen LogP contribution is 2.30. The van der Waals surface area contributed by atoms with Crippen LogP contribution < -0.4 is 0 Å². The van der Waals surface area contributed by atoms with E-state index in [4.69, 9.17) is 4.74 Å². The number of rotatable bonds is 6. The summed E-state index contributed by atoms with van der Waals surface area (Å²) in [5, 5.41) is 0. The van der Waals surface area contributed by atoms with Gasteiger partial charge in [0.2, 0.25) is 5.91 Å². The Morgan fingerprint density at radius 1 is 1.29 bits per heavy atom. The Bertz CT molecular complexity index is 490. The third-order valence-corrected chi connectivity index (χ3v) is 4.94. The predicted octanol–water partition coefficient (Wildman–Crippen LogP) is 2.95. The summed E-state index contributed by atoms with van der Waals surface area (Å²) in [4.78, 5) is 15.0. The topological polar surface area (TPSA) is 29.5 Å². The van der Waals surface area contributed by atoms with Gasteiger partial charge in [0.25, 0.3) is 0 Å². The van der Waals surface area contributed by atoms with Crippen LogP contribution in [0.1, 0.15) is 19.3 Å². The zero-order valence-corrected chi connectivity index (χ0v) is 12.8. The summed E-state index contributed by atoms with van der Waals surface area (Å²) in [6, 6.07) is 6.26. The molecule has 0 aromatic heterocycles. The van der Waals surface area contributed by atoms with Gasteiger partial charge in [-0.25, -0.2) is 4.39 Å². The normalized spacial score (nSPS) is 21.8. The second-order valence-electron chi connectivity index (χ2n) is 5.77. The lowest BCUT2D eigenvalue weighted by atomic mass is 10.3. The van der Waals surface area contributed by atoms with Crippen molar-refractivity contribution >= 4 is 17.7 Å². The van der Waals surface area contributed by atoms with Crippen LogP contribution in [0.5, 0.6) is 0 Å². The molecule has 0 unspecified atom stereocenters. The molecule has 1 aromatic carbocycles. The van der Waals surface area contributed by atoms with Gasteiger partial charge in [0, 0.05) is 24.6 Å². The average molecular weight is 309 g/mol. The Morgan fingerprint density at radius 2 is 2.05 bits per heavy atom. The summed E-state index contributed by atoms with van der Waals surface area (Å²) in [6.45, 7) is 2.37. The molecule has 1 heterocycles. The minimum absolute atomic E-state index is 0.141. The predicted molar refractivity (Wildman–Crippen MR) is 80.8 cm³/mol. The van der Waals surface area contributed by atoms with Crippen LogP contribution in [0.3, 0.4) is 0 Å². The second kappa shape index (κ2) is 6.79. The largest absolute Gasteiger partial charge is 0.376 e. The Labute approximate surface area is 128 Å². The smallest absolute Gasteiger partial charge is 0.233 e. The van der Waals surface area contributed by atoms with E-state index in [2.05, 4.69) is 0 Å². The van der Waals surface area contributed by atoms with Crippen molar-refractivity contribution in [3.8, 4) is 0 Å². The Balaban J connectivity index is 1.39. The van der Waals surface area contributed by atoms with Gasteiger partial charge in [0.1, 0.15) is 5.82 Å². The van der Waals surface area contributed by atoms with E-state index in [-0.39, 0.29) is 17.8 Å². The van der Waals surface area contributed by atoms with Gasteiger partial charge in [0.15, 0.2) is 0 Å². The minimum atomic E-state index is -0.249. The standard InChI is InChI=1S/C16H20FNO2S/c17-13-3-5-15(6-4-13)21-11-16(19)18-8-7-14(9-18)20-10-12-1-2-12/h3-6,12,14H,1-2,7-11H2/t14-/m0/s1. The highest BCUT2D eigenvalue weighted by atomic mass is 32.2. The molecule has 0 bridgehead atoms. The van der Waals surface area contributed by atoms with Gasteiger partial charge in [-0.15, -0.1) is 11.8 Å². The van der Waals surface area contributed by atoms with E-state index in [1.54, 1.807) is 12.1 Å².